The van der Waals surface area contributed by atoms with Crippen LogP contribution >= 0.6 is 46.7 Å². The number of aromatic nitrogens is 1. The predicted octanol–water partition coefficient (Wildman–Crippen LogP) is 2.32. The molecule has 0 fully saturated rings. The van der Waals surface area contributed by atoms with Crippen molar-refractivity contribution < 1.29 is 13.5 Å². The third kappa shape index (κ3) is 8.31. The van der Waals surface area contributed by atoms with Crippen molar-refractivity contribution in [1.82, 2.24) is 15.6 Å². The maximum absolute atomic E-state index is 12.2. The van der Waals surface area contributed by atoms with Crippen molar-refractivity contribution in [2.24, 2.45) is 4.99 Å². The Bertz CT molecular complexity index is 823. The standard InChI is InChI=1S/C17H26N4O3S3.HI/c1-3-14-11-20-15(26-14)7-8-19-17(18-4-2)21-10-13(22)12-27(23,24)16-6-5-9-25-16;/h5-6,9,11,13,22H,3-4,7-8,10,12H2,1-2H3,(H2,18,19,21);1H. The van der Waals surface area contributed by atoms with Crippen molar-refractivity contribution in [2.45, 2.75) is 37.0 Å². The number of hydrogen-bond donors (Lipinski definition) is 3. The van der Waals surface area contributed by atoms with E-state index in [1.807, 2.05) is 13.1 Å². The highest BCUT2D eigenvalue weighted by Gasteiger charge is 2.20. The minimum absolute atomic E-state index is 0. The summed E-state index contributed by atoms with van der Waals surface area (Å²) in [6.45, 7) is 5.40. The van der Waals surface area contributed by atoms with E-state index >= 15 is 0 Å². The first-order chi connectivity index (χ1) is 12.9. The molecule has 0 aliphatic heterocycles. The second kappa shape index (κ2) is 12.7. The summed E-state index contributed by atoms with van der Waals surface area (Å²) in [6, 6.07) is 3.23. The zero-order valence-corrected chi connectivity index (χ0v) is 20.7. The molecule has 0 bridgehead atoms. The van der Waals surface area contributed by atoms with Gasteiger partial charge in [-0.15, -0.1) is 46.7 Å². The Morgan fingerprint density at radius 3 is 2.75 bits per heavy atom. The molecule has 0 saturated carbocycles. The molecule has 2 aromatic heterocycles. The smallest absolute Gasteiger partial charge is 0.191 e. The van der Waals surface area contributed by atoms with Crippen LogP contribution in [0.4, 0.5) is 0 Å². The molecule has 2 aromatic rings. The molecule has 1 unspecified atom stereocenters. The van der Waals surface area contributed by atoms with E-state index in [1.165, 1.54) is 4.88 Å². The van der Waals surface area contributed by atoms with E-state index in [4.69, 9.17) is 0 Å². The van der Waals surface area contributed by atoms with Gasteiger partial charge in [0.25, 0.3) is 0 Å². The second-order valence-corrected chi connectivity index (χ2v) is 10.2. The Labute approximate surface area is 191 Å². The van der Waals surface area contributed by atoms with Gasteiger partial charge in [-0.3, -0.25) is 4.99 Å². The lowest BCUT2D eigenvalue weighted by atomic mass is 10.4. The summed E-state index contributed by atoms with van der Waals surface area (Å²) in [5.74, 6) is 0.215. The summed E-state index contributed by atoms with van der Waals surface area (Å²) in [5.41, 5.74) is 0. The number of rotatable bonds is 10. The van der Waals surface area contributed by atoms with E-state index in [0.29, 0.717) is 19.0 Å². The number of hydrogen-bond acceptors (Lipinski definition) is 7. The minimum Gasteiger partial charge on any atom is -0.390 e. The van der Waals surface area contributed by atoms with Crippen molar-refractivity contribution in [3.05, 3.63) is 33.6 Å². The highest BCUT2D eigenvalue weighted by molar-refractivity contribution is 14.0. The third-order valence-electron chi connectivity index (χ3n) is 3.60. The Morgan fingerprint density at radius 1 is 1.36 bits per heavy atom. The fourth-order valence-corrected chi connectivity index (χ4v) is 5.61. The zero-order valence-electron chi connectivity index (χ0n) is 15.9. The summed E-state index contributed by atoms with van der Waals surface area (Å²) < 4.78 is 24.7. The van der Waals surface area contributed by atoms with Gasteiger partial charge < -0.3 is 15.7 Å². The van der Waals surface area contributed by atoms with Crippen molar-refractivity contribution in [3.8, 4) is 0 Å². The van der Waals surface area contributed by atoms with Crippen LogP contribution in [-0.2, 0) is 22.7 Å². The second-order valence-electron chi connectivity index (χ2n) is 5.84. The average Bonchev–Trinajstić information content (AvgIpc) is 3.31. The highest BCUT2D eigenvalue weighted by atomic mass is 127. The van der Waals surface area contributed by atoms with Crippen LogP contribution in [0.3, 0.4) is 0 Å². The molecule has 28 heavy (non-hydrogen) atoms. The SMILES string of the molecule is CCNC(=NCC(O)CS(=O)(=O)c1cccs1)NCCc1ncc(CC)s1.I. The number of halogens is 1. The highest BCUT2D eigenvalue weighted by Crippen LogP contribution is 2.18. The van der Waals surface area contributed by atoms with E-state index in [2.05, 4.69) is 27.5 Å². The molecule has 158 valence electrons. The van der Waals surface area contributed by atoms with Gasteiger partial charge in [-0.2, -0.15) is 0 Å². The first kappa shape index (κ1) is 25.3. The molecule has 3 N–H and O–H groups in total. The van der Waals surface area contributed by atoms with Crippen LogP contribution in [0.2, 0.25) is 0 Å². The van der Waals surface area contributed by atoms with E-state index in [-0.39, 0.29) is 40.5 Å². The number of aryl methyl sites for hydroxylation is 1. The molecule has 11 heteroatoms. The lowest BCUT2D eigenvalue weighted by Crippen LogP contribution is -2.39. The lowest BCUT2D eigenvalue weighted by molar-refractivity contribution is 0.206. The van der Waals surface area contributed by atoms with Gasteiger partial charge in [-0.1, -0.05) is 13.0 Å². The molecule has 0 aliphatic carbocycles. The first-order valence-electron chi connectivity index (χ1n) is 8.84. The van der Waals surface area contributed by atoms with Gasteiger partial charge in [0.2, 0.25) is 0 Å². The van der Waals surface area contributed by atoms with Crippen molar-refractivity contribution in [1.29, 1.82) is 0 Å². The molecule has 0 spiro atoms. The number of aliphatic hydroxyl groups is 1. The van der Waals surface area contributed by atoms with E-state index in [0.717, 1.165) is 29.2 Å². The maximum atomic E-state index is 12.2. The number of thiophene rings is 1. The number of aliphatic imine (C=N–C) groups is 1. The number of thiazole rings is 1. The number of nitrogens with one attached hydrogen (secondary N) is 2. The molecular formula is C17H27IN4O3S3. The van der Waals surface area contributed by atoms with Gasteiger partial charge in [-0.25, -0.2) is 13.4 Å². The van der Waals surface area contributed by atoms with Crippen LogP contribution in [-0.4, -0.2) is 56.0 Å². The summed E-state index contributed by atoms with van der Waals surface area (Å²) >= 11 is 2.86. The normalized spacial score (nSPS) is 13.0. The van der Waals surface area contributed by atoms with Gasteiger partial charge in [0, 0.05) is 30.6 Å². The van der Waals surface area contributed by atoms with Crippen LogP contribution in [0.1, 0.15) is 23.7 Å². The third-order valence-corrected chi connectivity index (χ3v) is 8.09. The van der Waals surface area contributed by atoms with Gasteiger partial charge in [0.15, 0.2) is 15.8 Å². The largest absolute Gasteiger partial charge is 0.390 e. The Balaban J connectivity index is 0.00000392. The van der Waals surface area contributed by atoms with Crippen LogP contribution < -0.4 is 10.6 Å². The molecule has 2 rings (SSSR count). The molecule has 0 aromatic carbocycles. The quantitative estimate of drug-likeness (QED) is 0.235. The molecular weight excluding hydrogens is 531 g/mol. The predicted molar refractivity (Wildman–Crippen MR) is 127 cm³/mol. The van der Waals surface area contributed by atoms with E-state index in [1.54, 1.807) is 28.8 Å². The van der Waals surface area contributed by atoms with Gasteiger partial charge in [0.1, 0.15) is 4.21 Å². The fraction of sp³-hybridized carbons (Fsp3) is 0.529. The van der Waals surface area contributed by atoms with Crippen molar-refractivity contribution in [2.75, 3.05) is 25.4 Å². The van der Waals surface area contributed by atoms with Gasteiger partial charge in [0.05, 0.1) is 23.4 Å². The molecule has 0 aliphatic rings. The van der Waals surface area contributed by atoms with E-state index < -0.39 is 15.9 Å². The van der Waals surface area contributed by atoms with Crippen LogP contribution in [0.5, 0.6) is 0 Å². The van der Waals surface area contributed by atoms with Crippen molar-refractivity contribution in [3.63, 3.8) is 0 Å². The number of aliphatic hydroxyl groups excluding tert-OH is 1. The molecule has 0 saturated heterocycles. The number of sulfone groups is 1. The molecule has 1 atom stereocenters. The number of guanidine groups is 1. The molecule has 7 nitrogen and oxygen atoms in total. The minimum atomic E-state index is -3.48. The molecule has 0 amide bonds. The van der Waals surface area contributed by atoms with Crippen LogP contribution in [0.25, 0.3) is 0 Å². The summed E-state index contributed by atoms with van der Waals surface area (Å²) in [7, 11) is -3.48. The Hall–Kier alpha value is -0.760. The van der Waals surface area contributed by atoms with E-state index in [9.17, 15) is 13.5 Å². The summed E-state index contributed by atoms with van der Waals surface area (Å²) in [6.07, 6.45) is 2.62. The van der Waals surface area contributed by atoms with Gasteiger partial charge in [-0.05, 0) is 24.8 Å². The Morgan fingerprint density at radius 2 is 2.14 bits per heavy atom. The van der Waals surface area contributed by atoms with Crippen LogP contribution in [0, 0.1) is 0 Å². The summed E-state index contributed by atoms with van der Waals surface area (Å²) in [5, 5.41) is 19.1. The molecule has 0 radical (unpaired) electrons. The topological polar surface area (TPSA) is 104 Å². The monoisotopic (exact) mass is 558 g/mol. The first-order valence-corrected chi connectivity index (χ1v) is 12.2. The fourth-order valence-electron chi connectivity index (χ4n) is 2.28. The van der Waals surface area contributed by atoms with Crippen LogP contribution in [0.15, 0.2) is 32.9 Å². The number of nitrogens with zero attached hydrogens (tertiary/aromatic N) is 2. The lowest BCUT2D eigenvalue weighted by Gasteiger charge is -2.12. The maximum Gasteiger partial charge on any atom is 0.191 e. The van der Waals surface area contributed by atoms with Gasteiger partial charge >= 0.3 is 0 Å². The summed E-state index contributed by atoms with van der Waals surface area (Å²) in [4.78, 5) is 9.94. The zero-order chi connectivity index (χ0) is 19.7. The average molecular weight is 559 g/mol. The molecule has 2 heterocycles. The van der Waals surface area contributed by atoms with Crippen molar-refractivity contribution >= 4 is 62.4 Å². The Kier molecular flexibility index (Phi) is 11.5.